The van der Waals surface area contributed by atoms with Crippen molar-refractivity contribution in [1.29, 1.82) is 0 Å². The van der Waals surface area contributed by atoms with Gasteiger partial charge in [-0.1, -0.05) is 12.1 Å². The predicted octanol–water partition coefficient (Wildman–Crippen LogP) is 1.99. The summed E-state index contributed by atoms with van der Waals surface area (Å²) in [7, 11) is 0. The predicted molar refractivity (Wildman–Crippen MR) is 76.4 cm³/mol. The van der Waals surface area contributed by atoms with Crippen LogP contribution in [0, 0.1) is 15.4 Å². The van der Waals surface area contributed by atoms with Crippen LogP contribution in [0.4, 0.5) is 4.79 Å². The summed E-state index contributed by atoms with van der Waals surface area (Å²) in [5.41, 5.74) is 1.33. The van der Waals surface area contributed by atoms with E-state index in [4.69, 9.17) is 5.11 Å². The maximum absolute atomic E-state index is 10.6. The second-order valence-electron chi connectivity index (χ2n) is 5.12. The Balaban J connectivity index is 1.51. The number of carbonyl (C=O) groups is 1. The summed E-state index contributed by atoms with van der Waals surface area (Å²) in [5, 5.41) is 11.3. The molecule has 1 aromatic carbocycles. The highest BCUT2D eigenvalue weighted by molar-refractivity contribution is 14.1. The monoisotopic (exact) mass is 358 g/mol. The molecule has 1 amide bonds. The number of nitrogens with one attached hydrogen (secondary N) is 1. The number of nitrogens with zero attached hydrogens (tertiary/aromatic N) is 1. The second-order valence-corrected chi connectivity index (χ2v) is 6.37. The van der Waals surface area contributed by atoms with Gasteiger partial charge in [0.15, 0.2) is 0 Å². The molecule has 5 heteroatoms. The summed E-state index contributed by atoms with van der Waals surface area (Å²) in [6, 6.07) is 8.79. The van der Waals surface area contributed by atoms with E-state index in [1.54, 1.807) is 0 Å². The van der Waals surface area contributed by atoms with Gasteiger partial charge in [-0.05, 0) is 52.1 Å². The van der Waals surface area contributed by atoms with Gasteiger partial charge in [0.2, 0.25) is 0 Å². The average Bonchev–Trinajstić information content (AvgIpc) is 2.78. The molecule has 18 heavy (non-hydrogen) atoms. The molecule has 1 aromatic rings. The van der Waals surface area contributed by atoms with E-state index >= 15 is 0 Å². The van der Waals surface area contributed by atoms with Gasteiger partial charge >= 0.3 is 6.09 Å². The van der Waals surface area contributed by atoms with Crippen molar-refractivity contribution >= 4 is 28.7 Å². The number of carboxylic acid groups (broad SMARTS) is 1. The van der Waals surface area contributed by atoms with Gasteiger partial charge in [-0.3, -0.25) is 4.90 Å². The first-order valence-corrected chi connectivity index (χ1v) is 7.17. The van der Waals surface area contributed by atoms with Crippen molar-refractivity contribution in [1.82, 2.24) is 10.2 Å². The van der Waals surface area contributed by atoms with E-state index in [1.165, 1.54) is 9.13 Å². The topological polar surface area (TPSA) is 52.6 Å². The molecule has 3 rings (SSSR count). The van der Waals surface area contributed by atoms with E-state index in [1.807, 2.05) is 0 Å². The molecule has 0 bridgehead atoms. The van der Waals surface area contributed by atoms with Crippen LogP contribution in [0.25, 0.3) is 0 Å². The third-order valence-electron chi connectivity index (χ3n) is 3.88. The molecular weight excluding hydrogens is 343 g/mol. The lowest BCUT2D eigenvalue weighted by Gasteiger charge is -2.19. The zero-order valence-corrected chi connectivity index (χ0v) is 12.0. The number of fused-ring (bicyclic) bond motifs is 1. The summed E-state index contributed by atoms with van der Waals surface area (Å²) in [6.45, 7) is 3.01. The molecule has 1 saturated heterocycles. The maximum Gasteiger partial charge on any atom is 0.404 e. The van der Waals surface area contributed by atoms with Gasteiger partial charge < -0.3 is 10.4 Å². The number of hydrogen-bond acceptors (Lipinski definition) is 2. The third-order valence-corrected chi connectivity index (χ3v) is 4.60. The van der Waals surface area contributed by atoms with Crippen molar-refractivity contribution in [2.45, 2.75) is 12.6 Å². The fraction of sp³-hybridized carbons (Fsp3) is 0.462. The van der Waals surface area contributed by atoms with Crippen molar-refractivity contribution in [3.63, 3.8) is 0 Å². The minimum absolute atomic E-state index is 0.204. The van der Waals surface area contributed by atoms with Gasteiger partial charge in [0.05, 0.1) is 0 Å². The number of piperidine rings is 1. The number of amides is 1. The molecule has 2 fully saturated rings. The zero-order chi connectivity index (χ0) is 12.7. The largest absolute Gasteiger partial charge is 0.465 e. The van der Waals surface area contributed by atoms with Crippen molar-refractivity contribution in [2.75, 3.05) is 13.1 Å². The van der Waals surface area contributed by atoms with Crippen LogP contribution in [-0.4, -0.2) is 35.2 Å². The Morgan fingerprint density at radius 3 is 2.50 bits per heavy atom. The molecule has 2 unspecified atom stereocenters. The van der Waals surface area contributed by atoms with Gasteiger partial charge in [0.25, 0.3) is 0 Å². The number of benzene rings is 1. The van der Waals surface area contributed by atoms with Crippen molar-refractivity contribution in [3.8, 4) is 0 Å². The molecule has 4 nitrogen and oxygen atoms in total. The summed E-state index contributed by atoms with van der Waals surface area (Å²) in [4.78, 5) is 13.0. The van der Waals surface area contributed by atoms with E-state index in [-0.39, 0.29) is 6.04 Å². The lowest BCUT2D eigenvalue weighted by atomic mass is 10.2. The molecule has 2 aliphatic rings. The molecule has 2 N–H and O–H groups in total. The Hall–Kier alpha value is -0.820. The van der Waals surface area contributed by atoms with Crippen LogP contribution < -0.4 is 5.32 Å². The van der Waals surface area contributed by atoms with Crippen LogP contribution in [0.15, 0.2) is 24.3 Å². The van der Waals surface area contributed by atoms with Gasteiger partial charge in [0, 0.05) is 29.2 Å². The molecule has 0 radical (unpaired) electrons. The van der Waals surface area contributed by atoms with Crippen LogP contribution in [-0.2, 0) is 6.54 Å². The lowest BCUT2D eigenvalue weighted by Crippen LogP contribution is -2.33. The smallest absolute Gasteiger partial charge is 0.404 e. The van der Waals surface area contributed by atoms with Gasteiger partial charge in [-0.15, -0.1) is 0 Å². The minimum atomic E-state index is -0.890. The molecule has 1 saturated carbocycles. The van der Waals surface area contributed by atoms with Crippen LogP contribution in [0.3, 0.4) is 0 Å². The molecule has 0 spiro atoms. The normalized spacial score (nSPS) is 29.9. The van der Waals surface area contributed by atoms with E-state index in [9.17, 15) is 4.79 Å². The Morgan fingerprint density at radius 1 is 1.33 bits per heavy atom. The van der Waals surface area contributed by atoms with Crippen molar-refractivity contribution < 1.29 is 9.90 Å². The van der Waals surface area contributed by atoms with E-state index in [0.717, 1.165) is 19.6 Å². The van der Waals surface area contributed by atoms with Crippen LogP contribution in [0.5, 0.6) is 0 Å². The summed E-state index contributed by atoms with van der Waals surface area (Å²) < 4.78 is 1.26. The highest BCUT2D eigenvalue weighted by Crippen LogP contribution is 2.45. The quantitative estimate of drug-likeness (QED) is 0.813. The highest BCUT2D eigenvalue weighted by Gasteiger charge is 2.56. The minimum Gasteiger partial charge on any atom is -0.465 e. The molecular formula is C13H15IN2O2. The molecule has 1 aliphatic carbocycles. The Bertz CT molecular complexity index is 451. The Morgan fingerprint density at radius 2 is 1.94 bits per heavy atom. The summed E-state index contributed by atoms with van der Waals surface area (Å²) in [6.07, 6.45) is -0.890. The van der Waals surface area contributed by atoms with Gasteiger partial charge in [-0.25, -0.2) is 4.79 Å². The standard InChI is InChI=1S/C13H15IN2O2/c14-9-3-1-8(2-4-9)5-16-6-10-11(7-16)12(10)15-13(17)18/h1-4,10-12,15H,5-7H2,(H,17,18). The number of rotatable bonds is 3. The third kappa shape index (κ3) is 2.47. The fourth-order valence-corrected chi connectivity index (χ4v) is 3.31. The Labute approximate surface area is 120 Å². The molecule has 0 aromatic heterocycles. The van der Waals surface area contributed by atoms with Crippen molar-refractivity contribution in [3.05, 3.63) is 33.4 Å². The van der Waals surface area contributed by atoms with E-state index < -0.39 is 6.09 Å². The second kappa shape index (κ2) is 4.70. The zero-order valence-electron chi connectivity index (χ0n) is 9.84. The van der Waals surface area contributed by atoms with Gasteiger partial charge in [0.1, 0.15) is 0 Å². The van der Waals surface area contributed by atoms with Crippen LogP contribution in [0.1, 0.15) is 5.56 Å². The van der Waals surface area contributed by atoms with Gasteiger partial charge in [-0.2, -0.15) is 0 Å². The molecule has 2 atom stereocenters. The van der Waals surface area contributed by atoms with Crippen molar-refractivity contribution in [2.24, 2.45) is 11.8 Å². The van der Waals surface area contributed by atoms with Crippen LogP contribution >= 0.6 is 22.6 Å². The first-order valence-electron chi connectivity index (χ1n) is 6.10. The molecule has 1 heterocycles. The summed E-state index contributed by atoms with van der Waals surface area (Å²) in [5.74, 6) is 1.06. The Kier molecular flexibility index (Phi) is 3.19. The average molecular weight is 358 g/mol. The highest BCUT2D eigenvalue weighted by atomic mass is 127. The maximum atomic E-state index is 10.6. The lowest BCUT2D eigenvalue weighted by molar-refractivity contribution is 0.190. The first kappa shape index (κ1) is 12.2. The molecule has 1 aliphatic heterocycles. The summed E-state index contributed by atoms with van der Waals surface area (Å²) >= 11 is 2.31. The SMILES string of the molecule is O=C(O)NC1C2CN(Cc3ccc(I)cc3)CC21. The first-order chi connectivity index (χ1) is 8.63. The van der Waals surface area contributed by atoms with E-state index in [2.05, 4.69) is 57.1 Å². The van der Waals surface area contributed by atoms with Crippen LogP contribution in [0.2, 0.25) is 0 Å². The number of likely N-dealkylation sites (tertiary alicyclic amines) is 1. The number of hydrogen-bond donors (Lipinski definition) is 2. The van der Waals surface area contributed by atoms with E-state index in [0.29, 0.717) is 11.8 Å². The fourth-order valence-electron chi connectivity index (χ4n) is 2.95. The molecule has 96 valence electrons. The number of halogens is 1.